The van der Waals surface area contributed by atoms with Gasteiger partial charge in [-0.05, 0) is 25.0 Å². The third-order valence-electron chi connectivity index (χ3n) is 4.66. The van der Waals surface area contributed by atoms with Crippen molar-refractivity contribution in [1.82, 2.24) is 17.8 Å². The highest BCUT2D eigenvalue weighted by Crippen LogP contribution is 2.28. The maximum absolute atomic E-state index is 12.7. The van der Waals surface area contributed by atoms with Crippen LogP contribution >= 0.6 is 11.7 Å². The molecule has 1 fully saturated rings. The van der Waals surface area contributed by atoms with Gasteiger partial charge in [-0.3, -0.25) is 0 Å². The van der Waals surface area contributed by atoms with Crippen LogP contribution < -0.4 is 4.72 Å². The number of methoxy groups -OCH3 is 1. The van der Waals surface area contributed by atoms with E-state index in [0.29, 0.717) is 37.0 Å². The van der Waals surface area contributed by atoms with Crippen LogP contribution in [-0.2, 0) is 24.8 Å². The van der Waals surface area contributed by atoms with E-state index >= 15 is 0 Å². The van der Waals surface area contributed by atoms with Gasteiger partial charge in [-0.1, -0.05) is 6.07 Å². The number of hydrogen-bond donors (Lipinski definition) is 1. The topological polar surface area (TPSA) is 119 Å². The molecule has 2 aromatic rings. The summed E-state index contributed by atoms with van der Waals surface area (Å²) in [6.45, 7) is 0.636. The lowest BCUT2D eigenvalue weighted by Gasteiger charge is -2.39. The van der Waals surface area contributed by atoms with Crippen molar-refractivity contribution in [3.63, 3.8) is 0 Å². The minimum absolute atomic E-state index is 0.0530. The zero-order valence-electron chi connectivity index (χ0n) is 14.4. The minimum atomic E-state index is -3.80. The third-order valence-corrected chi connectivity index (χ3v) is 7.94. The molecule has 0 bridgehead atoms. The van der Waals surface area contributed by atoms with Gasteiger partial charge in [0.1, 0.15) is 15.9 Å². The zero-order chi connectivity index (χ0) is 19.0. The van der Waals surface area contributed by atoms with Crippen LogP contribution in [0.4, 0.5) is 0 Å². The molecule has 1 aliphatic heterocycles. The van der Waals surface area contributed by atoms with Gasteiger partial charge in [-0.15, -0.1) is 0 Å². The van der Waals surface area contributed by atoms with Gasteiger partial charge >= 0.3 is 0 Å². The quantitative estimate of drug-likeness (QED) is 0.719. The molecule has 1 N–H and O–H groups in total. The van der Waals surface area contributed by atoms with Crippen molar-refractivity contribution in [1.29, 1.82) is 0 Å². The fourth-order valence-corrected chi connectivity index (χ4v) is 5.71. The van der Waals surface area contributed by atoms with E-state index in [-0.39, 0.29) is 11.4 Å². The Morgan fingerprint density at radius 1 is 1.23 bits per heavy atom. The van der Waals surface area contributed by atoms with Crippen LogP contribution in [0.1, 0.15) is 12.8 Å². The van der Waals surface area contributed by atoms with Crippen LogP contribution in [0.15, 0.2) is 23.1 Å². The summed E-state index contributed by atoms with van der Waals surface area (Å²) in [5.41, 5.74) is 0.117. The van der Waals surface area contributed by atoms with Crippen molar-refractivity contribution in [2.75, 3.05) is 33.0 Å². The Morgan fingerprint density at radius 3 is 2.54 bits per heavy atom. The van der Waals surface area contributed by atoms with Gasteiger partial charge in [0.15, 0.2) is 0 Å². The van der Waals surface area contributed by atoms with E-state index in [1.54, 1.807) is 12.1 Å². The monoisotopic (exact) mass is 420 g/mol. The van der Waals surface area contributed by atoms with Crippen LogP contribution in [0, 0.1) is 0 Å². The first-order valence-electron chi connectivity index (χ1n) is 7.88. The van der Waals surface area contributed by atoms with E-state index in [1.165, 1.54) is 17.5 Å². The highest BCUT2D eigenvalue weighted by molar-refractivity contribution is 7.89. The van der Waals surface area contributed by atoms with Gasteiger partial charge in [0, 0.05) is 26.7 Å². The van der Waals surface area contributed by atoms with E-state index in [2.05, 4.69) is 13.5 Å². The van der Waals surface area contributed by atoms with Gasteiger partial charge in [0.2, 0.25) is 20.0 Å². The molecule has 1 aromatic heterocycles. The first-order valence-corrected chi connectivity index (χ1v) is 11.9. The van der Waals surface area contributed by atoms with Gasteiger partial charge < -0.3 is 4.74 Å². The number of rotatable bonds is 6. The Balaban J connectivity index is 1.75. The van der Waals surface area contributed by atoms with E-state index in [1.807, 2.05) is 0 Å². The number of nitrogens with zero attached hydrogens (tertiary/aromatic N) is 3. The lowest BCUT2D eigenvalue weighted by molar-refractivity contribution is -0.0401. The standard InChI is InChI=1S/C14H20N4O5S3/c1-23-14(6-8-18(9-7-14)25(2,19)20)10-15-26(21,22)12-5-3-4-11-13(12)17-24-16-11/h3-5,15H,6-10H2,1-2H3. The fraction of sp³-hybridized carbons (Fsp3) is 0.571. The second-order valence-corrected chi connectivity index (χ2v) is 10.5. The van der Waals surface area contributed by atoms with Gasteiger partial charge in [0.25, 0.3) is 0 Å². The summed E-state index contributed by atoms with van der Waals surface area (Å²) in [7, 11) is -5.56. The number of hydrogen-bond acceptors (Lipinski definition) is 8. The maximum Gasteiger partial charge on any atom is 0.242 e. The number of aromatic nitrogens is 2. The molecule has 144 valence electrons. The Hall–Kier alpha value is -1.18. The summed E-state index contributed by atoms with van der Waals surface area (Å²) in [5, 5.41) is 0. The summed E-state index contributed by atoms with van der Waals surface area (Å²) < 4.78 is 66.4. The summed E-state index contributed by atoms with van der Waals surface area (Å²) >= 11 is 0.956. The Labute approximate surface area is 156 Å². The van der Waals surface area contributed by atoms with Crippen molar-refractivity contribution in [2.24, 2.45) is 0 Å². The first-order chi connectivity index (χ1) is 12.2. The Morgan fingerprint density at radius 2 is 1.92 bits per heavy atom. The number of piperidine rings is 1. The minimum Gasteiger partial charge on any atom is -0.377 e. The SMILES string of the molecule is COC1(CNS(=O)(=O)c2cccc3nsnc23)CCN(S(C)(=O)=O)CC1. The molecule has 26 heavy (non-hydrogen) atoms. The van der Waals surface area contributed by atoms with E-state index in [4.69, 9.17) is 4.74 Å². The predicted octanol–water partition coefficient (Wildman–Crippen LogP) is 0.410. The molecule has 12 heteroatoms. The number of benzene rings is 1. The van der Waals surface area contributed by atoms with Gasteiger partial charge in [0.05, 0.1) is 23.6 Å². The van der Waals surface area contributed by atoms with Gasteiger partial charge in [-0.2, -0.15) is 8.75 Å². The van der Waals surface area contributed by atoms with Crippen LogP contribution in [0.25, 0.3) is 11.0 Å². The third kappa shape index (κ3) is 3.89. The Kier molecular flexibility index (Phi) is 5.34. The zero-order valence-corrected chi connectivity index (χ0v) is 16.8. The highest BCUT2D eigenvalue weighted by atomic mass is 32.2. The molecule has 1 saturated heterocycles. The molecule has 9 nitrogen and oxygen atoms in total. The Bertz CT molecular complexity index is 995. The molecule has 0 unspecified atom stereocenters. The molecular formula is C14H20N4O5S3. The van der Waals surface area contributed by atoms with Crippen molar-refractivity contribution >= 4 is 42.8 Å². The molecule has 0 spiro atoms. The molecule has 0 aliphatic carbocycles. The average Bonchev–Trinajstić information content (AvgIpc) is 3.08. The van der Waals surface area contributed by atoms with Crippen LogP contribution in [0.2, 0.25) is 0 Å². The summed E-state index contributed by atoms with van der Waals surface area (Å²) in [6, 6.07) is 4.81. The van der Waals surface area contributed by atoms with E-state index in [0.717, 1.165) is 18.0 Å². The van der Waals surface area contributed by atoms with Gasteiger partial charge in [-0.25, -0.2) is 25.9 Å². The normalized spacial score (nSPS) is 19.0. The maximum atomic E-state index is 12.7. The predicted molar refractivity (Wildman–Crippen MR) is 98.0 cm³/mol. The average molecular weight is 421 g/mol. The number of nitrogens with one attached hydrogen (secondary N) is 1. The number of fused-ring (bicyclic) bond motifs is 1. The molecule has 3 rings (SSSR count). The van der Waals surface area contributed by atoms with Crippen LogP contribution in [0.3, 0.4) is 0 Å². The molecular weight excluding hydrogens is 400 g/mol. The van der Waals surface area contributed by atoms with E-state index < -0.39 is 25.6 Å². The molecule has 0 radical (unpaired) electrons. The van der Waals surface area contributed by atoms with Crippen molar-refractivity contribution in [2.45, 2.75) is 23.3 Å². The molecule has 2 heterocycles. The number of ether oxygens (including phenoxy) is 1. The summed E-state index contributed by atoms with van der Waals surface area (Å²) in [6.07, 6.45) is 1.97. The summed E-state index contributed by atoms with van der Waals surface area (Å²) in [5.74, 6) is 0. The molecule has 0 saturated carbocycles. The summed E-state index contributed by atoms with van der Waals surface area (Å²) in [4.78, 5) is 0.0728. The van der Waals surface area contributed by atoms with Crippen LogP contribution in [0.5, 0.6) is 0 Å². The van der Waals surface area contributed by atoms with Crippen molar-refractivity contribution < 1.29 is 21.6 Å². The first kappa shape index (κ1) is 19.6. The molecule has 0 amide bonds. The van der Waals surface area contributed by atoms with Crippen molar-refractivity contribution in [3.05, 3.63) is 18.2 Å². The lowest BCUT2D eigenvalue weighted by Crippen LogP contribution is -2.52. The smallest absolute Gasteiger partial charge is 0.242 e. The molecule has 0 atom stereocenters. The second-order valence-electron chi connectivity index (χ2n) is 6.26. The molecule has 1 aromatic carbocycles. The highest BCUT2D eigenvalue weighted by Gasteiger charge is 2.38. The molecule has 1 aliphatic rings. The fourth-order valence-electron chi connectivity index (χ4n) is 2.98. The van der Waals surface area contributed by atoms with E-state index in [9.17, 15) is 16.8 Å². The largest absolute Gasteiger partial charge is 0.377 e. The van der Waals surface area contributed by atoms with Crippen LogP contribution in [-0.4, -0.2) is 68.5 Å². The van der Waals surface area contributed by atoms with Crippen molar-refractivity contribution in [3.8, 4) is 0 Å². The second kappa shape index (κ2) is 7.09. The lowest BCUT2D eigenvalue weighted by atomic mass is 9.92. The number of sulfonamides is 2.